The smallest absolute Gasteiger partial charge is 0.307 e. The molecule has 2 aliphatic rings. The van der Waals surface area contributed by atoms with Crippen LogP contribution in [0.5, 0.6) is 0 Å². The molecule has 1 amide bonds. The summed E-state index contributed by atoms with van der Waals surface area (Å²) >= 11 is 0. The summed E-state index contributed by atoms with van der Waals surface area (Å²) in [6, 6.07) is 0. The van der Waals surface area contributed by atoms with Crippen molar-refractivity contribution in [3.05, 3.63) is 0 Å². The maximum Gasteiger partial charge on any atom is 0.307 e. The van der Waals surface area contributed by atoms with Gasteiger partial charge in [0.05, 0.1) is 13.5 Å². The third-order valence-electron chi connectivity index (χ3n) is 5.40. The fourth-order valence-electron chi connectivity index (χ4n) is 4.11. The van der Waals surface area contributed by atoms with Crippen LogP contribution in [0.2, 0.25) is 0 Å². The van der Waals surface area contributed by atoms with Crippen LogP contribution in [0.1, 0.15) is 58.3 Å². The molecule has 0 aromatic rings. The Labute approximate surface area is 128 Å². The van der Waals surface area contributed by atoms with Crippen LogP contribution >= 0.6 is 0 Å². The number of amides is 1. The van der Waals surface area contributed by atoms with E-state index in [-0.39, 0.29) is 17.8 Å². The Hall–Kier alpha value is -1.06. The van der Waals surface area contributed by atoms with Gasteiger partial charge >= 0.3 is 5.97 Å². The zero-order valence-electron chi connectivity index (χ0n) is 13.5. The van der Waals surface area contributed by atoms with E-state index in [0.29, 0.717) is 19.5 Å². The molecule has 0 aliphatic heterocycles. The van der Waals surface area contributed by atoms with Crippen molar-refractivity contribution >= 4 is 11.9 Å². The predicted octanol–water partition coefficient (Wildman–Crippen LogP) is 3.00. The highest BCUT2D eigenvalue weighted by Crippen LogP contribution is 2.43. The summed E-state index contributed by atoms with van der Waals surface area (Å²) in [7, 11) is 1.39. The summed E-state index contributed by atoms with van der Waals surface area (Å²) in [6.45, 7) is 3.16. The van der Waals surface area contributed by atoms with E-state index in [1.165, 1.54) is 39.2 Å². The molecule has 0 aromatic heterocycles. The number of fused-ring (bicyclic) bond motifs is 1. The molecular formula is C17H29NO3. The second kappa shape index (κ2) is 7.81. The number of carbonyl (C=O) groups excluding carboxylic acids is 2. The molecule has 0 N–H and O–H groups in total. The summed E-state index contributed by atoms with van der Waals surface area (Å²) < 4.78 is 4.66. The number of esters is 1. The largest absolute Gasteiger partial charge is 0.469 e. The van der Waals surface area contributed by atoms with E-state index in [1.807, 2.05) is 11.8 Å². The molecule has 3 unspecified atom stereocenters. The van der Waals surface area contributed by atoms with Crippen LogP contribution in [-0.2, 0) is 14.3 Å². The molecule has 2 aliphatic carbocycles. The number of hydrogen-bond acceptors (Lipinski definition) is 3. The van der Waals surface area contributed by atoms with E-state index in [1.54, 1.807) is 0 Å². The molecule has 3 atom stereocenters. The molecule has 0 spiro atoms. The van der Waals surface area contributed by atoms with E-state index >= 15 is 0 Å². The standard InChI is InChI=1S/C17H29NO3/c1-3-18(11-10-16(19)21-2)17(20)15-9-8-13-6-4-5-7-14(13)12-15/h13-15H,3-12H2,1-2H3. The van der Waals surface area contributed by atoms with E-state index in [4.69, 9.17) is 0 Å². The first-order valence-corrected chi connectivity index (χ1v) is 8.51. The summed E-state index contributed by atoms with van der Waals surface area (Å²) in [5.41, 5.74) is 0. The Morgan fingerprint density at radius 2 is 1.81 bits per heavy atom. The highest BCUT2D eigenvalue weighted by atomic mass is 16.5. The Balaban J connectivity index is 1.87. The van der Waals surface area contributed by atoms with Gasteiger partial charge < -0.3 is 9.64 Å². The third kappa shape index (κ3) is 4.21. The van der Waals surface area contributed by atoms with Crippen LogP contribution in [0.3, 0.4) is 0 Å². The molecule has 4 nitrogen and oxygen atoms in total. The van der Waals surface area contributed by atoms with E-state index < -0.39 is 0 Å². The first-order valence-electron chi connectivity index (χ1n) is 8.51. The average Bonchev–Trinajstić information content (AvgIpc) is 2.54. The van der Waals surface area contributed by atoms with Gasteiger partial charge in [-0.15, -0.1) is 0 Å². The number of ether oxygens (including phenoxy) is 1. The summed E-state index contributed by atoms with van der Waals surface area (Å²) in [5, 5.41) is 0. The molecule has 21 heavy (non-hydrogen) atoms. The zero-order chi connectivity index (χ0) is 15.2. The Morgan fingerprint density at radius 3 is 2.48 bits per heavy atom. The van der Waals surface area contributed by atoms with Crippen LogP contribution in [0.15, 0.2) is 0 Å². The van der Waals surface area contributed by atoms with Crippen molar-refractivity contribution < 1.29 is 14.3 Å². The van der Waals surface area contributed by atoms with Gasteiger partial charge in [-0.2, -0.15) is 0 Å². The van der Waals surface area contributed by atoms with E-state index in [9.17, 15) is 9.59 Å². The number of nitrogens with zero attached hydrogens (tertiary/aromatic N) is 1. The summed E-state index contributed by atoms with van der Waals surface area (Å²) in [4.78, 5) is 25.8. The van der Waals surface area contributed by atoms with Gasteiger partial charge in [0.15, 0.2) is 0 Å². The Bertz CT molecular complexity index is 369. The molecule has 0 saturated heterocycles. The molecule has 0 bridgehead atoms. The van der Waals surface area contributed by atoms with Gasteiger partial charge in [0, 0.05) is 19.0 Å². The fourth-order valence-corrected chi connectivity index (χ4v) is 4.11. The Kier molecular flexibility index (Phi) is 6.07. The van der Waals surface area contributed by atoms with Crippen molar-refractivity contribution in [1.82, 2.24) is 4.90 Å². The van der Waals surface area contributed by atoms with Crippen LogP contribution in [-0.4, -0.2) is 37.0 Å². The van der Waals surface area contributed by atoms with Gasteiger partial charge in [-0.25, -0.2) is 0 Å². The summed E-state index contributed by atoms with van der Waals surface area (Å²) in [6.07, 6.45) is 9.01. The van der Waals surface area contributed by atoms with Crippen molar-refractivity contribution in [2.24, 2.45) is 17.8 Å². The van der Waals surface area contributed by atoms with Gasteiger partial charge in [0.25, 0.3) is 0 Å². The molecule has 0 radical (unpaired) electrons. The number of rotatable bonds is 5. The topological polar surface area (TPSA) is 46.6 Å². The second-order valence-corrected chi connectivity index (χ2v) is 6.56. The van der Waals surface area contributed by atoms with Crippen molar-refractivity contribution in [2.45, 2.75) is 58.3 Å². The van der Waals surface area contributed by atoms with Crippen LogP contribution in [0, 0.1) is 17.8 Å². The molecule has 0 heterocycles. The minimum atomic E-state index is -0.239. The van der Waals surface area contributed by atoms with Gasteiger partial charge in [-0.3, -0.25) is 9.59 Å². The number of hydrogen-bond donors (Lipinski definition) is 0. The first-order chi connectivity index (χ1) is 10.2. The van der Waals surface area contributed by atoms with Crippen molar-refractivity contribution in [3.63, 3.8) is 0 Å². The quantitative estimate of drug-likeness (QED) is 0.732. The first kappa shape index (κ1) is 16.3. The van der Waals surface area contributed by atoms with Crippen molar-refractivity contribution in [3.8, 4) is 0 Å². The highest BCUT2D eigenvalue weighted by Gasteiger charge is 2.36. The SMILES string of the molecule is CCN(CCC(=O)OC)C(=O)C1CCC2CCCCC2C1. The maximum atomic E-state index is 12.7. The van der Waals surface area contributed by atoms with E-state index in [0.717, 1.165) is 24.7 Å². The molecule has 2 rings (SSSR count). The molecular weight excluding hydrogens is 266 g/mol. The lowest BCUT2D eigenvalue weighted by atomic mass is 9.67. The summed E-state index contributed by atoms with van der Waals surface area (Å²) in [5.74, 6) is 1.83. The minimum Gasteiger partial charge on any atom is -0.469 e. The van der Waals surface area contributed by atoms with Crippen molar-refractivity contribution in [1.29, 1.82) is 0 Å². The molecule has 4 heteroatoms. The lowest BCUT2D eigenvalue weighted by molar-refractivity contribution is -0.143. The average molecular weight is 295 g/mol. The van der Waals surface area contributed by atoms with Gasteiger partial charge in [0.1, 0.15) is 0 Å². The predicted molar refractivity (Wildman–Crippen MR) is 81.7 cm³/mol. The third-order valence-corrected chi connectivity index (χ3v) is 5.40. The molecule has 120 valence electrons. The normalized spacial score (nSPS) is 28.6. The van der Waals surface area contributed by atoms with Crippen LogP contribution < -0.4 is 0 Å². The van der Waals surface area contributed by atoms with Gasteiger partial charge in [0.2, 0.25) is 5.91 Å². The second-order valence-electron chi connectivity index (χ2n) is 6.56. The zero-order valence-corrected chi connectivity index (χ0v) is 13.5. The van der Waals surface area contributed by atoms with Crippen molar-refractivity contribution in [2.75, 3.05) is 20.2 Å². The number of methoxy groups -OCH3 is 1. The lowest BCUT2D eigenvalue weighted by Crippen LogP contribution is -2.41. The number of carbonyl (C=O) groups is 2. The fraction of sp³-hybridized carbons (Fsp3) is 0.882. The maximum absolute atomic E-state index is 12.7. The molecule has 0 aromatic carbocycles. The molecule has 2 saturated carbocycles. The lowest BCUT2D eigenvalue weighted by Gasteiger charge is -2.40. The highest BCUT2D eigenvalue weighted by molar-refractivity contribution is 5.79. The van der Waals surface area contributed by atoms with E-state index in [2.05, 4.69) is 4.74 Å². The minimum absolute atomic E-state index is 0.182. The van der Waals surface area contributed by atoms with Crippen LogP contribution in [0.4, 0.5) is 0 Å². The monoisotopic (exact) mass is 295 g/mol. The van der Waals surface area contributed by atoms with Gasteiger partial charge in [-0.1, -0.05) is 25.7 Å². The van der Waals surface area contributed by atoms with Crippen LogP contribution in [0.25, 0.3) is 0 Å². The Morgan fingerprint density at radius 1 is 1.10 bits per heavy atom. The molecule has 2 fully saturated rings. The van der Waals surface area contributed by atoms with Gasteiger partial charge in [-0.05, 0) is 38.0 Å².